The molecule has 9 heteroatoms. The number of allylic oxidation sites excluding steroid dienone is 1. The van der Waals surface area contributed by atoms with Crippen molar-refractivity contribution < 1.29 is 14.0 Å². The number of amides is 2. The third-order valence-electron chi connectivity index (χ3n) is 4.01. The Labute approximate surface area is 154 Å². The number of hydrogen-bond donors (Lipinski definition) is 2. The van der Waals surface area contributed by atoms with Crippen LogP contribution in [0.4, 0.5) is 0 Å². The monoisotopic (exact) mass is 369 g/mol. The predicted molar refractivity (Wildman–Crippen MR) is 98.4 cm³/mol. The summed E-state index contributed by atoms with van der Waals surface area (Å²) in [4.78, 5) is 40.0. The van der Waals surface area contributed by atoms with Gasteiger partial charge < -0.3 is 15.5 Å². The summed E-state index contributed by atoms with van der Waals surface area (Å²) in [6.07, 6.45) is 4.74. The van der Waals surface area contributed by atoms with E-state index in [0.717, 1.165) is 11.3 Å². The highest BCUT2D eigenvalue weighted by molar-refractivity contribution is 5.95. The number of aryl methyl sites for hydroxylation is 2. The molecule has 0 spiro atoms. The number of nitrogens with two attached hydrogens (primary N) is 1. The highest BCUT2D eigenvalue weighted by Crippen LogP contribution is 2.26. The molecule has 0 aromatic carbocycles. The number of carbonyl (C=O) groups excluding carboxylic acids is 2. The second-order valence-electron chi connectivity index (χ2n) is 6.05. The van der Waals surface area contributed by atoms with Crippen molar-refractivity contribution in [2.45, 2.75) is 20.4 Å². The van der Waals surface area contributed by atoms with Crippen molar-refractivity contribution in [3.8, 4) is 11.3 Å². The number of rotatable bonds is 6. The molecule has 3 N–H and O–H groups in total. The molecule has 140 valence electrons. The lowest BCUT2D eigenvalue weighted by Gasteiger charge is -2.11. The van der Waals surface area contributed by atoms with Crippen LogP contribution in [0, 0.1) is 13.8 Å². The highest BCUT2D eigenvalue weighted by atomic mass is 16.3. The summed E-state index contributed by atoms with van der Waals surface area (Å²) >= 11 is 0. The summed E-state index contributed by atoms with van der Waals surface area (Å²) in [7, 11) is 0. The van der Waals surface area contributed by atoms with Crippen LogP contribution in [0.2, 0.25) is 0 Å². The minimum absolute atomic E-state index is 0.00995. The Morgan fingerprint density at radius 1 is 1.37 bits per heavy atom. The standard InChI is InChI=1S/C18H19N5O4/c1-4-5-23-14(12-6-10(2)27-11(12)3)9-22-8-13(21-16(22)18(23)26)17(25)20-7-15(19)24/h4,6,8-9H,1,5,7H2,2-3H3,(H2,19,24)(H,20,25). The topological polar surface area (TPSA) is 125 Å². The molecule has 0 unspecified atom stereocenters. The van der Waals surface area contributed by atoms with Crippen molar-refractivity contribution in [1.29, 1.82) is 0 Å². The van der Waals surface area contributed by atoms with Gasteiger partial charge in [-0.25, -0.2) is 4.98 Å². The molecule has 9 nitrogen and oxygen atoms in total. The first kappa shape index (κ1) is 18.2. The van der Waals surface area contributed by atoms with E-state index in [9.17, 15) is 14.4 Å². The molecule has 0 aliphatic rings. The van der Waals surface area contributed by atoms with Crippen molar-refractivity contribution in [2.24, 2.45) is 5.73 Å². The molecule has 3 heterocycles. The van der Waals surface area contributed by atoms with E-state index in [1.54, 1.807) is 12.3 Å². The Balaban J connectivity index is 2.16. The molecule has 0 aliphatic carbocycles. The van der Waals surface area contributed by atoms with Crippen LogP contribution in [0.25, 0.3) is 16.9 Å². The minimum atomic E-state index is -0.673. The minimum Gasteiger partial charge on any atom is -0.466 e. The normalized spacial score (nSPS) is 10.9. The summed E-state index contributed by atoms with van der Waals surface area (Å²) in [5.41, 5.74) is 6.12. The molecule has 0 fully saturated rings. The van der Waals surface area contributed by atoms with E-state index in [1.807, 2.05) is 19.9 Å². The number of nitrogens with zero attached hydrogens (tertiary/aromatic N) is 3. The number of hydrogen-bond acceptors (Lipinski definition) is 5. The van der Waals surface area contributed by atoms with E-state index in [0.29, 0.717) is 11.5 Å². The van der Waals surface area contributed by atoms with Gasteiger partial charge in [0, 0.05) is 24.5 Å². The zero-order valence-corrected chi connectivity index (χ0v) is 15.0. The van der Waals surface area contributed by atoms with Gasteiger partial charge in [-0.15, -0.1) is 6.58 Å². The smallest absolute Gasteiger partial charge is 0.295 e. The zero-order valence-electron chi connectivity index (χ0n) is 15.0. The molecule has 3 aromatic heterocycles. The Morgan fingerprint density at radius 3 is 2.70 bits per heavy atom. The lowest BCUT2D eigenvalue weighted by molar-refractivity contribution is -0.117. The van der Waals surface area contributed by atoms with Crippen molar-refractivity contribution in [3.63, 3.8) is 0 Å². The SMILES string of the molecule is C=CCn1c(-c2cc(C)oc2C)cn2cc(C(=O)NCC(N)=O)nc2c1=O. The number of nitrogens with one attached hydrogen (secondary N) is 1. The number of furan rings is 1. The summed E-state index contributed by atoms with van der Waals surface area (Å²) in [5, 5.41) is 2.35. The molecule has 2 amide bonds. The van der Waals surface area contributed by atoms with E-state index >= 15 is 0 Å². The van der Waals surface area contributed by atoms with Gasteiger partial charge in [0.15, 0.2) is 0 Å². The second kappa shape index (κ2) is 6.94. The van der Waals surface area contributed by atoms with Crippen LogP contribution in [0.1, 0.15) is 22.0 Å². The molecule has 27 heavy (non-hydrogen) atoms. The van der Waals surface area contributed by atoms with Crippen LogP contribution in [-0.4, -0.2) is 32.3 Å². The van der Waals surface area contributed by atoms with Gasteiger partial charge in [0.25, 0.3) is 11.5 Å². The molecule has 0 aliphatic heterocycles. The maximum atomic E-state index is 12.9. The number of fused-ring (bicyclic) bond motifs is 1. The first-order valence-corrected chi connectivity index (χ1v) is 8.19. The maximum absolute atomic E-state index is 12.9. The fraction of sp³-hybridized carbons (Fsp3) is 0.222. The van der Waals surface area contributed by atoms with Crippen LogP contribution in [-0.2, 0) is 11.3 Å². The van der Waals surface area contributed by atoms with Gasteiger partial charge in [0.05, 0.1) is 12.2 Å². The van der Waals surface area contributed by atoms with Crippen molar-refractivity contribution in [3.05, 3.63) is 58.7 Å². The number of aromatic nitrogens is 3. The van der Waals surface area contributed by atoms with Gasteiger partial charge in [-0.1, -0.05) is 6.08 Å². The predicted octanol–water partition coefficient (Wildman–Crippen LogP) is 0.774. The van der Waals surface area contributed by atoms with Crippen LogP contribution < -0.4 is 16.6 Å². The maximum Gasteiger partial charge on any atom is 0.295 e. The average molecular weight is 369 g/mol. The number of carbonyl (C=O) groups is 2. The van der Waals surface area contributed by atoms with Crippen molar-refractivity contribution in [1.82, 2.24) is 19.3 Å². The van der Waals surface area contributed by atoms with Crippen molar-refractivity contribution in [2.75, 3.05) is 6.54 Å². The Morgan fingerprint density at radius 2 is 2.11 bits per heavy atom. The van der Waals surface area contributed by atoms with E-state index in [4.69, 9.17) is 10.2 Å². The lowest BCUT2D eigenvalue weighted by atomic mass is 10.2. The summed E-state index contributed by atoms with van der Waals surface area (Å²) in [6, 6.07) is 1.84. The molecule has 0 saturated carbocycles. The molecule has 3 aromatic rings. The van der Waals surface area contributed by atoms with E-state index < -0.39 is 11.8 Å². The highest BCUT2D eigenvalue weighted by Gasteiger charge is 2.19. The quantitative estimate of drug-likeness (QED) is 0.621. The number of primary amides is 1. The first-order chi connectivity index (χ1) is 12.8. The van der Waals surface area contributed by atoms with Gasteiger partial charge in [0.2, 0.25) is 11.6 Å². The molecular formula is C18H19N5O4. The Kier molecular flexibility index (Phi) is 4.68. The van der Waals surface area contributed by atoms with Gasteiger partial charge in [0.1, 0.15) is 17.2 Å². The summed E-state index contributed by atoms with van der Waals surface area (Å²) < 4.78 is 8.57. The Bertz CT molecular complexity index is 1120. The first-order valence-electron chi connectivity index (χ1n) is 8.19. The fourth-order valence-electron chi connectivity index (χ4n) is 2.86. The van der Waals surface area contributed by atoms with Crippen LogP contribution in [0.5, 0.6) is 0 Å². The van der Waals surface area contributed by atoms with Crippen LogP contribution in [0.3, 0.4) is 0 Å². The largest absolute Gasteiger partial charge is 0.466 e. The average Bonchev–Trinajstić information content (AvgIpc) is 3.18. The fourth-order valence-corrected chi connectivity index (χ4v) is 2.86. The molecule has 0 radical (unpaired) electrons. The lowest BCUT2D eigenvalue weighted by Crippen LogP contribution is -2.33. The molecule has 0 bridgehead atoms. The van der Waals surface area contributed by atoms with Crippen LogP contribution in [0.15, 0.2) is 40.3 Å². The van der Waals surface area contributed by atoms with E-state index in [1.165, 1.54) is 15.2 Å². The van der Waals surface area contributed by atoms with Crippen LogP contribution >= 0.6 is 0 Å². The van der Waals surface area contributed by atoms with E-state index in [-0.39, 0.29) is 30.0 Å². The Hall–Kier alpha value is -3.62. The second-order valence-corrected chi connectivity index (χ2v) is 6.05. The zero-order chi connectivity index (χ0) is 19.7. The van der Waals surface area contributed by atoms with Gasteiger partial charge in [-0.3, -0.25) is 23.4 Å². The van der Waals surface area contributed by atoms with Gasteiger partial charge in [-0.05, 0) is 19.9 Å². The van der Waals surface area contributed by atoms with Gasteiger partial charge >= 0.3 is 0 Å². The third-order valence-corrected chi connectivity index (χ3v) is 4.01. The molecule has 0 atom stereocenters. The van der Waals surface area contributed by atoms with E-state index in [2.05, 4.69) is 16.9 Å². The molecule has 3 rings (SSSR count). The summed E-state index contributed by atoms with van der Waals surface area (Å²) in [5.74, 6) is 0.124. The number of imidazole rings is 1. The van der Waals surface area contributed by atoms with Gasteiger partial charge in [-0.2, -0.15) is 0 Å². The molecular weight excluding hydrogens is 350 g/mol. The molecule has 0 saturated heterocycles. The van der Waals surface area contributed by atoms with Crippen molar-refractivity contribution >= 4 is 17.5 Å². The third kappa shape index (κ3) is 3.39. The summed E-state index contributed by atoms with van der Waals surface area (Å²) in [6.45, 7) is 7.28.